The lowest BCUT2D eigenvalue weighted by atomic mass is 10.2. The predicted octanol–water partition coefficient (Wildman–Crippen LogP) is 4.17. The summed E-state index contributed by atoms with van der Waals surface area (Å²) in [6.45, 7) is 2.20. The number of rotatable bonds is 10. The lowest BCUT2D eigenvalue weighted by Gasteiger charge is -2.24. The lowest BCUT2D eigenvalue weighted by Crippen LogP contribution is -2.31. The van der Waals surface area contributed by atoms with Gasteiger partial charge in [-0.05, 0) is 49.7 Å². The highest BCUT2D eigenvalue weighted by molar-refractivity contribution is 7.92. The van der Waals surface area contributed by atoms with E-state index in [4.69, 9.17) is 4.74 Å². The Balaban J connectivity index is 1.96. The molecule has 0 saturated carbocycles. The Hall–Kier alpha value is -2.95. The molecule has 170 valence electrons. The molecule has 0 aliphatic heterocycles. The molecule has 0 aromatic heterocycles. The Morgan fingerprint density at radius 3 is 2.32 bits per heavy atom. The molecule has 0 heterocycles. The van der Waals surface area contributed by atoms with Crippen LogP contribution in [0.1, 0.15) is 19.8 Å². The van der Waals surface area contributed by atoms with Crippen LogP contribution in [0.3, 0.4) is 0 Å². The minimum absolute atomic E-state index is 0.00360. The van der Waals surface area contributed by atoms with E-state index in [0.717, 1.165) is 18.4 Å². The van der Waals surface area contributed by atoms with Crippen molar-refractivity contribution in [2.24, 2.45) is 0 Å². The fraction of sp³-hybridized carbons (Fsp3) is 0.350. The van der Waals surface area contributed by atoms with Crippen molar-refractivity contribution in [3.05, 3.63) is 48.5 Å². The summed E-state index contributed by atoms with van der Waals surface area (Å²) in [6, 6.07) is 11.4. The van der Waals surface area contributed by atoms with E-state index >= 15 is 0 Å². The number of carbonyl (C=O) groups is 1. The second-order valence-electron chi connectivity index (χ2n) is 6.46. The summed E-state index contributed by atoms with van der Waals surface area (Å²) in [6.07, 6.45) is -3.50. The smallest absolute Gasteiger partial charge is 0.492 e. The van der Waals surface area contributed by atoms with E-state index in [1.54, 1.807) is 31.2 Å². The number of ether oxygens (including phenoxy) is 2. The third-order valence-corrected chi connectivity index (χ3v) is 5.15. The average molecular weight is 460 g/mol. The number of benzene rings is 2. The van der Waals surface area contributed by atoms with Crippen LogP contribution in [0.4, 0.5) is 24.5 Å². The molecule has 0 radical (unpaired) electrons. The second-order valence-corrected chi connectivity index (χ2v) is 8.37. The normalized spacial score (nSPS) is 11.6. The van der Waals surface area contributed by atoms with Crippen LogP contribution in [0.5, 0.6) is 11.5 Å². The van der Waals surface area contributed by atoms with E-state index < -0.39 is 28.0 Å². The molecule has 0 aliphatic carbocycles. The molecule has 11 heteroatoms. The fourth-order valence-electron chi connectivity index (χ4n) is 2.75. The minimum atomic E-state index is -4.79. The molecule has 0 spiro atoms. The van der Waals surface area contributed by atoms with Crippen LogP contribution >= 0.6 is 0 Å². The quantitative estimate of drug-likeness (QED) is 0.575. The Morgan fingerprint density at radius 1 is 1.10 bits per heavy atom. The van der Waals surface area contributed by atoms with E-state index in [0.29, 0.717) is 23.7 Å². The maximum absolute atomic E-state index is 12.3. The molecule has 0 bridgehead atoms. The van der Waals surface area contributed by atoms with Gasteiger partial charge in [-0.15, -0.1) is 13.2 Å². The average Bonchev–Trinajstić information content (AvgIpc) is 2.66. The van der Waals surface area contributed by atoms with Crippen molar-refractivity contribution in [1.82, 2.24) is 0 Å². The highest BCUT2D eigenvalue weighted by Crippen LogP contribution is 2.30. The predicted molar refractivity (Wildman–Crippen MR) is 111 cm³/mol. The Kier molecular flexibility index (Phi) is 8.14. The number of carbonyl (C=O) groups excluding carboxylic acids is 1. The largest absolute Gasteiger partial charge is 0.573 e. The molecule has 0 saturated heterocycles. The number of sulfonamides is 1. The van der Waals surface area contributed by atoms with E-state index in [9.17, 15) is 26.4 Å². The molecule has 1 N–H and O–H groups in total. The minimum Gasteiger partial charge on any atom is -0.492 e. The third kappa shape index (κ3) is 8.00. The number of amides is 1. The van der Waals surface area contributed by atoms with Crippen molar-refractivity contribution >= 4 is 27.3 Å². The van der Waals surface area contributed by atoms with E-state index in [1.807, 2.05) is 0 Å². The number of anilines is 2. The van der Waals surface area contributed by atoms with Crippen LogP contribution in [0.15, 0.2) is 48.5 Å². The number of hydrogen-bond donors (Lipinski definition) is 1. The van der Waals surface area contributed by atoms with E-state index in [2.05, 4.69) is 10.1 Å². The molecule has 0 fully saturated rings. The highest BCUT2D eigenvalue weighted by atomic mass is 32.2. The van der Waals surface area contributed by atoms with Crippen molar-refractivity contribution in [1.29, 1.82) is 0 Å². The van der Waals surface area contributed by atoms with Crippen LogP contribution in [0.2, 0.25) is 0 Å². The van der Waals surface area contributed by atoms with Crippen molar-refractivity contribution in [2.45, 2.75) is 26.1 Å². The van der Waals surface area contributed by atoms with Gasteiger partial charge in [-0.25, -0.2) is 8.42 Å². The van der Waals surface area contributed by atoms with Crippen molar-refractivity contribution in [3.8, 4) is 11.5 Å². The number of para-hydroxylation sites is 2. The molecule has 1 amide bonds. The van der Waals surface area contributed by atoms with Gasteiger partial charge in [-0.1, -0.05) is 12.1 Å². The summed E-state index contributed by atoms with van der Waals surface area (Å²) >= 11 is 0. The number of nitrogens with one attached hydrogen (secondary N) is 1. The summed E-state index contributed by atoms with van der Waals surface area (Å²) < 4.78 is 71.5. The summed E-state index contributed by atoms with van der Waals surface area (Å²) in [4.78, 5) is 12.1. The fourth-order valence-corrected chi connectivity index (χ4v) is 3.72. The number of hydrogen-bond acceptors (Lipinski definition) is 5. The van der Waals surface area contributed by atoms with Gasteiger partial charge in [0.15, 0.2) is 0 Å². The summed E-state index contributed by atoms with van der Waals surface area (Å²) in [5.74, 6) is -0.390. The Morgan fingerprint density at radius 2 is 1.74 bits per heavy atom. The van der Waals surface area contributed by atoms with Gasteiger partial charge < -0.3 is 14.8 Å². The standard InChI is InChI=1S/C20H23F3N2O5S/c1-3-29-18-8-5-4-7-17(18)25(31(2,27)28)14-6-9-19(26)24-15-10-12-16(13-11-15)30-20(21,22)23/h4-5,7-8,10-13H,3,6,9,14H2,1-2H3,(H,24,26). The topological polar surface area (TPSA) is 84.9 Å². The van der Waals surface area contributed by atoms with Gasteiger partial charge in [-0.2, -0.15) is 0 Å². The Bertz CT molecular complexity index is 979. The SMILES string of the molecule is CCOc1ccccc1N(CCCC(=O)Nc1ccc(OC(F)(F)F)cc1)S(C)(=O)=O. The molecule has 31 heavy (non-hydrogen) atoms. The van der Waals surface area contributed by atoms with Gasteiger partial charge in [0.1, 0.15) is 11.5 Å². The maximum Gasteiger partial charge on any atom is 0.573 e. The van der Waals surface area contributed by atoms with E-state index in [1.165, 1.54) is 16.4 Å². The van der Waals surface area contributed by atoms with Crippen molar-refractivity contribution in [2.75, 3.05) is 29.0 Å². The van der Waals surface area contributed by atoms with Crippen molar-refractivity contribution < 1.29 is 35.9 Å². The van der Waals surface area contributed by atoms with Gasteiger partial charge in [0.25, 0.3) is 0 Å². The second kappa shape index (κ2) is 10.4. The Labute approximate surface area is 178 Å². The first-order chi connectivity index (χ1) is 14.5. The van der Waals surface area contributed by atoms with Crippen LogP contribution in [0.25, 0.3) is 0 Å². The van der Waals surface area contributed by atoms with E-state index in [-0.39, 0.29) is 19.4 Å². The molecule has 0 aliphatic rings. The molecular formula is C20H23F3N2O5S. The molecule has 0 atom stereocenters. The molecule has 0 unspecified atom stereocenters. The first kappa shape index (κ1) is 24.3. The molecule has 2 rings (SSSR count). The zero-order valence-corrected chi connectivity index (χ0v) is 17.8. The van der Waals surface area contributed by atoms with Gasteiger partial charge in [0.2, 0.25) is 15.9 Å². The first-order valence-electron chi connectivity index (χ1n) is 9.35. The number of alkyl halides is 3. The van der Waals surface area contributed by atoms with Gasteiger partial charge >= 0.3 is 6.36 Å². The summed E-state index contributed by atoms with van der Waals surface area (Å²) in [7, 11) is -3.62. The van der Waals surface area contributed by atoms with Crippen LogP contribution in [-0.2, 0) is 14.8 Å². The molecule has 2 aromatic carbocycles. The van der Waals surface area contributed by atoms with Crippen LogP contribution < -0.4 is 19.1 Å². The third-order valence-electron chi connectivity index (χ3n) is 3.97. The summed E-state index contributed by atoms with van der Waals surface area (Å²) in [5.41, 5.74) is 0.675. The zero-order valence-electron chi connectivity index (χ0n) is 17.0. The molecular weight excluding hydrogens is 437 g/mol. The van der Waals surface area contributed by atoms with Crippen LogP contribution in [0, 0.1) is 0 Å². The number of nitrogens with zero attached hydrogens (tertiary/aromatic N) is 1. The monoisotopic (exact) mass is 460 g/mol. The zero-order chi connectivity index (χ0) is 23.1. The molecule has 2 aromatic rings. The maximum atomic E-state index is 12.3. The van der Waals surface area contributed by atoms with Crippen molar-refractivity contribution in [3.63, 3.8) is 0 Å². The van der Waals surface area contributed by atoms with Crippen LogP contribution in [-0.4, -0.2) is 40.1 Å². The number of halogens is 3. The summed E-state index contributed by atoms with van der Waals surface area (Å²) in [5, 5.41) is 2.55. The van der Waals surface area contributed by atoms with Gasteiger partial charge in [0, 0.05) is 18.7 Å². The molecule has 7 nitrogen and oxygen atoms in total. The highest BCUT2D eigenvalue weighted by Gasteiger charge is 2.31. The van der Waals surface area contributed by atoms with Gasteiger partial charge in [-0.3, -0.25) is 9.10 Å². The van der Waals surface area contributed by atoms with Gasteiger partial charge in [0.05, 0.1) is 18.6 Å². The first-order valence-corrected chi connectivity index (χ1v) is 11.2. The lowest BCUT2D eigenvalue weighted by molar-refractivity contribution is -0.274.